The third-order valence-electron chi connectivity index (χ3n) is 6.73. The van der Waals surface area contributed by atoms with Gasteiger partial charge in [-0.2, -0.15) is 4.31 Å². The van der Waals surface area contributed by atoms with Gasteiger partial charge in [0.1, 0.15) is 0 Å². The molecule has 0 unspecified atom stereocenters. The molecule has 33 heavy (non-hydrogen) atoms. The number of carbonyl (C=O) groups is 1. The fourth-order valence-electron chi connectivity index (χ4n) is 4.57. The second kappa shape index (κ2) is 12.8. The first-order valence-electron chi connectivity index (χ1n) is 12.6. The minimum absolute atomic E-state index is 0.0742. The fraction of sp³-hybridized carbons (Fsp3) is 0.720. The summed E-state index contributed by atoms with van der Waals surface area (Å²) < 4.78 is 33.6. The molecule has 1 aromatic carbocycles. The van der Waals surface area contributed by atoms with E-state index in [-0.39, 0.29) is 10.8 Å². The second-order valence-electron chi connectivity index (χ2n) is 9.25. The number of hydrogen-bond acceptors (Lipinski definition) is 5. The molecule has 2 fully saturated rings. The Morgan fingerprint density at radius 2 is 1.73 bits per heavy atom. The van der Waals surface area contributed by atoms with Crippen molar-refractivity contribution in [2.24, 2.45) is 0 Å². The molecule has 0 radical (unpaired) electrons. The predicted octanol–water partition coefficient (Wildman–Crippen LogP) is 3.52. The van der Waals surface area contributed by atoms with E-state index in [9.17, 15) is 13.2 Å². The van der Waals surface area contributed by atoms with Gasteiger partial charge in [0.15, 0.2) is 0 Å². The number of rotatable bonds is 11. The van der Waals surface area contributed by atoms with Gasteiger partial charge in [-0.3, -0.25) is 9.69 Å². The van der Waals surface area contributed by atoms with Gasteiger partial charge in [-0.25, -0.2) is 8.42 Å². The van der Waals surface area contributed by atoms with Gasteiger partial charge in [0.25, 0.3) is 5.91 Å². The van der Waals surface area contributed by atoms with E-state index in [1.54, 1.807) is 22.5 Å². The molecule has 3 rings (SSSR count). The zero-order valence-corrected chi connectivity index (χ0v) is 21.2. The van der Waals surface area contributed by atoms with Gasteiger partial charge in [-0.15, -0.1) is 0 Å². The minimum Gasteiger partial charge on any atom is -0.379 e. The molecule has 0 saturated carbocycles. The van der Waals surface area contributed by atoms with Gasteiger partial charge in [-0.1, -0.05) is 38.7 Å². The first kappa shape index (κ1) is 26.1. The van der Waals surface area contributed by atoms with Crippen LogP contribution in [0.3, 0.4) is 0 Å². The lowest BCUT2D eigenvalue weighted by molar-refractivity contribution is 0.0324. The molecule has 1 aromatic rings. The number of morpholine rings is 1. The zero-order valence-electron chi connectivity index (χ0n) is 20.4. The molecule has 186 valence electrons. The Labute approximate surface area is 200 Å². The molecule has 0 aromatic heterocycles. The van der Waals surface area contributed by atoms with Crippen LogP contribution in [0.25, 0.3) is 0 Å². The quantitative estimate of drug-likeness (QED) is 0.454. The van der Waals surface area contributed by atoms with E-state index in [0.29, 0.717) is 37.3 Å². The topological polar surface area (TPSA) is 70.2 Å². The van der Waals surface area contributed by atoms with Crippen LogP contribution >= 0.6 is 0 Å². The van der Waals surface area contributed by atoms with Gasteiger partial charge in [0, 0.05) is 51.4 Å². The Kier molecular flexibility index (Phi) is 10.2. The summed E-state index contributed by atoms with van der Waals surface area (Å²) in [5.41, 5.74) is 1.16. The summed E-state index contributed by atoms with van der Waals surface area (Å²) in [6.45, 7) is 10.5. The van der Waals surface area contributed by atoms with Crippen LogP contribution in [0, 0.1) is 6.92 Å². The molecule has 7 nitrogen and oxygen atoms in total. The molecule has 2 aliphatic rings. The summed E-state index contributed by atoms with van der Waals surface area (Å²) in [5.74, 6) is -0.0742. The Hall–Kier alpha value is -1.48. The maximum absolute atomic E-state index is 13.5. The van der Waals surface area contributed by atoms with Gasteiger partial charge in [0.2, 0.25) is 10.0 Å². The summed E-state index contributed by atoms with van der Waals surface area (Å²) in [5, 5.41) is 0. The lowest BCUT2D eigenvalue weighted by atomic mass is 10.1. The fourth-order valence-corrected chi connectivity index (χ4v) is 6.34. The number of unbranched alkanes of at least 4 members (excludes halogenated alkanes) is 3. The third kappa shape index (κ3) is 7.25. The largest absolute Gasteiger partial charge is 0.379 e. The third-order valence-corrected chi connectivity index (χ3v) is 8.77. The normalized spacial score (nSPS) is 18.4. The molecule has 2 saturated heterocycles. The highest BCUT2D eigenvalue weighted by molar-refractivity contribution is 7.89. The van der Waals surface area contributed by atoms with E-state index in [2.05, 4.69) is 11.8 Å². The van der Waals surface area contributed by atoms with Crippen molar-refractivity contribution in [1.82, 2.24) is 14.1 Å². The molecule has 2 aliphatic heterocycles. The van der Waals surface area contributed by atoms with E-state index in [1.807, 2.05) is 11.8 Å². The number of carbonyl (C=O) groups excluding carboxylic acids is 1. The van der Waals surface area contributed by atoms with E-state index in [4.69, 9.17) is 4.74 Å². The highest BCUT2D eigenvalue weighted by atomic mass is 32.2. The van der Waals surface area contributed by atoms with Crippen molar-refractivity contribution in [3.63, 3.8) is 0 Å². The van der Waals surface area contributed by atoms with Crippen LogP contribution in [0.2, 0.25) is 0 Å². The van der Waals surface area contributed by atoms with Crippen LogP contribution in [0.4, 0.5) is 0 Å². The maximum atomic E-state index is 13.5. The summed E-state index contributed by atoms with van der Waals surface area (Å²) in [6.07, 6.45) is 7.23. The standard InChI is InChI=1S/C25H41N3O4S/c1-3-4-5-7-12-27(16-15-26-17-19-32-20-18-26)25(29)23-11-10-22(2)24(21-23)33(30,31)28-13-8-6-9-14-28/h10-11,21H,3-9,12-20H2,1-2H3. The van der Waals surface area contributed by atoms with Gasteiger partial charge in [0.05, 0.1) is 18.1 Å². The Morgan fingerprint density at radius 1 is 1.00 bits per heavy atom. The maximum Gasteiger partial charge on any atom is 0.253 e. The zero-order chi connectivity index (χ0) is 23.7. The highest BCUT2D eigenvalue weighted by Gasteiger charge is 2.29. The number of sulfonamides is 1. The van der Waals surface area contributed by atoms with Crippen LogP contribution in [-0.4, -0.2) is 87.5 Å². The first-order valence-corrected chi connectivity index (χ1v) is 14.1. The molecule has 2 heterocycles. The molecule has 0 bridgehead atoms. The molecule has 1 amide bonds. The van der Waals surface area contributed by atoms with Crippen molar-refractivity contribution in [2.45, 2.75) is 63.7 Å². The van der Waals surface area contributed by atoms with E-state index in [1.165, 1.54) is 0 Å². The number of amides is 1. The minimum atomic E-state index is -3.59. The number of nitrogens with zero attached hydrogens (tertiary/aromatic N) is 3. The Bertz CT molecular complexity index is 862. The van der Waals surface area contributed by atoms with Crippen molar-refractivity contribution < 1.29 is 17.9 Å². The highest BCUT2D eigenvalue weighted by Crippen LogP contribution is 2.25. The SMILES string of the molecule is CCCCCCN(CCN1CCOCC1)C(=O)c1ccc(C)c(S(=O)(=O)N2CCCCC2)c1. The summed E-state index contributed by atoms with van der Waals surface area (Å²) in [6, 6.07) is 5.16. The number of aryl methyl sites for hydroxylation is 1. The van der Waals surface area contributed by atoms with Crippen LogP contribution in [-0.2, 0) is 14.8 Å². The van der Waals surface area contributed by atoms with Crippen LogP contribution in [0.1, 0.15) is 67.8 Å². The molecule has 0 spiro atoms. The van der Waals surface area contributed by atoms with E-state index in [0.717, 1.165) is 77.8 Å². The van der Waals surface area contributed by atoms with Crippen LogP contribution in [0.15, 0.2) is 23.1 Å². The van der Waals surface area contributed by atoms with E-state index < -0.39 is 10.0 Å². The van der Waals surface area contributed by atoms with E-state index >= 15 is 0 Å². The van der Waals surface area contributed by atoms with Crippen molar-refractivity contribution in [2.75, 3.05) is 59.0 Å². The molecule has 0 atom stereocenters. The average molecular weight is 480 g/mol. The monoisotopic (exact) mass is 479 g/mol. The Morgan fingerprint density at radius 3 is 2.42 bits per heavy atom. The van der Waals surface area contributed by atoms with Gasteiger partial charge >= 0.3 is 0 Å². The van der Waals surface area contributed by atoms with Gasteiger partial charge in [-0.05, 0) is 43.9 Å². The van der Waals surface area contributed by atoms with Crippen molar-refractivity contribution >= 4 is 15.9 Å². The molecular weight excluding hydrogens is 438 g/mol. The molecule has 0 aliphatic carbocycles. The molecular formula is C25H41N3O4S. The van der Waals surface area contributed by atoms with Gasteiger partial charge < -0.3 is 9.64 Å². The summed E-state index contributed by atoms with van der Waals surface area (Å²) in [7, 11) is -3.59. The smallest absolute Gasteiger partial charge is 0.253 e. The summed E-state index contributed by atoms with van der Waals surface area (Å²) >= 11 is 0. The lowest BCUT2D eigenvalue weighted by Gasteiger charge is -2.30. The summed E-state index contributed by atoms with van der Waals surface area (Å²) in [4.78, 5) is 18.0. The predicted molar refractivity (Wildman–Crippen MR) is 131 cm³/mol. The number of piperidine rings is 1. The molecule has 0 N–H and O–H groups in total. The second-order valence-corrected chi connectivity index (χ2v) is 11.2. The average Bonchev–Trinajstić information content (AvgIpc) is 2.84. The Balaban J connectivity index is 1.76. The van der Waals surface area contributed by atoms with Crippen molar-refractivity contribution in [1.29, 1.82) is 0 Å². The van der Waals surface area contributed by atoms with Crippen molar-refractivity contribution in [3.05, 3.63) is 29.3 Å². The van der Waals surface area contributed by atoms with Crippen molar-refractivity contribution in [3.8, 4) is 0 Å². The molecule has 8 heteroatoms. The first-order chi connectivity index (χ1) is 15.9. The van der Waals surface area contributed by atoms with Crippen LogP contribution in [0.5, 0.6) is 0 Å². The number of hydrogen-bond donors (Lipinski definition) is 0. The number of ether oxygens (including phenoxy) is 1. The van der Waals surface area contributed by atoms with Crippen LogP contribution < -0.4 is 0 Å². The number of benzene rings is 1. The lowest BCUT2D eigenvalue weighted by Crippen LogP contribution is -2.43.